The smallest absolute Gasteiger partial charge is 0.342 e. The van der Waals surface area contributed by atoms with Crippen LogP contribution in [0.25, 0.3) is 0 Å². The molecule has 1 aliphatic rings. The quantitative estimate of drug-likeness (QED) is 0.307. The number of rotatable bonds is 9. The average Bonchev–Trinajstić information content (AvgIpc) is 2.45. The molecule has 0 bridgehead atoms. The van der Waals surface area contributed by atoms with Crippen LogP contribution in [0.15, 0.2) is 0 Å². The predicted molar refractivity (Wildman–Crippen MR) is 86.3 cm³/mol. The van der Waals surface area contributed by atoms with Crippen molar-refractivity contribution >= 4 is 27.1 Å². The van der Waals surface area contributed by atoms with Gasteiger partial charge in [0, 0.05) is 0 Å². The van der Waals surface area contributed by atoms with Crippen LogP contribution >= 0.6 is 15.2 Å². The molecule has 1 saturated carbocycles. The van der Waals surface area contributed by atoms with Crippen molar-refractivity contribution in [2.45, 2.75) is 62.2 Å². The Hall–Kier alpha value is -0.760. The summed E-state index contributed by atoms with van der Waals surface area (Å²) in [5.41, 5.74) is -2.50. The molecule has 0 spiro atoms. The molecule has 146 valence electrons. The van der Waals surface area contributed by atoms with Crippen LogP contribution in [-0.2, 0) is 18.7 Å². The summed E-state index contributed by atoms with van der Waals surface area (Å²) < 4.78 is 23.3. The Labute approximate surface area is 144 Å². The van der Waals surface area contributed by atoms with Crippen molar-refractivity contribution in [3.8, 4) is 0 Å². The summed E-state index contributed by atoms with van der Waals surface area (Å²) in [6.07, 6.45) is 2.68. The van der Waals surface area contributed by atoms with Crippen molar-refractivity contribution in [2.24, 2.45) is 5.92 Å². The topological polar surface area (TPSA) is 190 Å². The fourth-order valence-corrected chi connectivity index (χ4v) is 5.35. The Bertz CT molecular complexity index is 588. The SMILES string of the molecule is O=C(O)C(CC(CCC1CCCCC1)(C(=O)O)P(=O)(O)O)P(=O)(O)O. The molecule has 0 aromatic carbocycles. The molecule has 1 fully saturated rings. The van der Waals surface area contributed by atoms with Crippen LogP contribution in [0, 0.1) is 5.92 Å². The van der Waals surface area contributed by atoms with Gasteiger partial charge in [0.05, 0.1) is 0 Å². The van der Waals surface area contributed by atoms with Crippen LogP contribution in [-0.4, -0.2) is 52.5 Å². The van der Waals surface area contributed by atoms with Gasteiger partial charge < -0.3 is 29.8 Å². The average molecular weight is 402 g/mol. The maximum Gasteiger partial charge on any atom is 0.342 e. The highest BCUT2D eigenvalue weighted by Crippen LogP contribution is 2.59. The molecule has 0 saturated heterocycles. The first-order chi connectivity index (χ1) is 11.3. The van der Waals surface area contributed by atoms with Crippen LogP contribution in [0.4, 0.5) is 0 Å². The van der Waals surface area contributed by atoms with E-state index in [1.54, 1.807) is 0 Å². The Morgan fingerprint density at radius 1 is 1.00 bits per heavy atom. The lowest BCUT2D eigenvalue weighted by atomic mass is 9.83. The molecular weight excluding hydrogens is 378 g/mol. The van der Waals surface area contributed by atoms with E-state index in [0.29, 0.717) is 0 Å². The van der Waals surface area contributed by atoms with E-state index >= 15 is 0 Å². The first-order valence-electron chi connectivity index (χ1n) is 7.88. The van der Waals surface area contributed by atoms with E-state index in [4.69, 9.17) is 14.9 Å². The van der Waals surface area contributed by atoms with Gasteiger partial charge in [-0.2, -0.15) is 0 Å². The number of aliphatic carboxylic acids is 2. The molecule has 2 atom stereocenters. The Morgan fingerprint density at radius 2 is 1.52 bits per heavy atom. The molecule has 0 aromatic rings. The Morgan fingerprint density at radius 3 is 1.88 bits per heavy atom. The molecule has 0 heterocycles. The molecule has 0 aromatic heterocycles. The van der Waals surface area contributed by atoms with Gasteiger partial charge >= 0.3 is 27.1 Å². The van der Waals surface area contributed by atoms with E-state index in [2.05, 4.69) is 0 Å². The van der Waals surface area contributed by atoms with E-state index in [9.17, 15) is 33.6 Å². The summed E-state index contributed by atoms with van der Waals surface area (Å²) in [6, 6.07) is 0. The summed E-state index contributed by atoms with van der Waals surface area (Å²) in [5.74, 6) is -3.89. The monoisotopic (exact) mass is 402 g/mol. The van der Waals surface area contributed by atoms with Gasteiger partial charge in [0.15, 0.2) is 10.8 Å². The summed E-state index contributed by atoms with van der Waals surface area (Å²) in [5, 5.41) is 15.6. The number of hydrogen-bond donors (Lipinski definition) is 6. The zero-order valence-corrected chi connectivity index (χ0v) is 15.3. The van der Waals surface area contributed by atoms with Crippen LogP contribution in [0.3, 0.4) is 0 Å². The lowest BCUT2D eigenvalue weighted by molar-refractivity contribution is -0.142. The molecule has 12 heteroatoms. The minimum absolute atomic E-state index is 0.0531. The Kier molecular flexibility index (Phi) is 7.39. The molecule has 25 heavy (non-hydrogen) atoms. The van der Waals surface area contributed by atoms with E-state index in [0.717, 1.165) is 32.1 Å². The summed E-state index contributed by atoms with van der Waals surface area (Å²) in [4.78, 5) is 60.4. The summed E-state index contributed by atoms with van der Waals surface area (Å²) in [7, 11) is -10.7. The summed E-state index contributed by atoms with van der Waals surface area (Å²) in [6.45, 7) is 0. The number of carboxylic acids is 2. The fraction of sp³-hybridized carbons (Fsp3) is 0.846. The minimum Gasteiger partial charge on any atom is -0.481 e. The van der Waals surface area contributed by atoms with Crippen molar-refractivity contribution in [1.82, 2.24) is 0 Å². The highest BCUT2D eigenvalue weighted by molar-refractivity contribution is 7.55. The van der Waals surface area contributed by atoms with E-state index in [1.165, 1.54) is 0 Å². The third-order valence-corrected chi connectivity index (χ3v) is 7.80. The predicted octanol–water partition coefficient (Wildman–Crippen LogP) is 1.37. The van der Waals surface area contributed by atoms with Crippen molar-refractivity contribution in [3.63, 3.8) is 0 Å². The molecule has 2 unspecified atom stereocenters. The van der Waals surface area contributed by atoms with Crippen LogP contribution in [0.5, 0.6) is 0 Å². The third-order valence-electron chi connectivity index (χ3n) is 4.87. The molecule has 0 amide bonds. The fourth-order valence-electron chi connectivity index (χ4n) is 3.27. The highest BCUT2D eigenvalue weighted by Gasteiger charge is 2.58. The van der Waals surface area contributed by atoms with Gasteiger partial charge in [0.25, 0.3) is 0 Å². The molecule has 10 nitrogen and oxygen atoms in total. The van der Waals surface area contributed by atoms with E-state index in [-0.39, 0.29) is 12.3 Å². The normalized spacial score (nSPS) is 20.6. The molecule has 6 N–H and O–H groups in total. The first kappa shape index (κ1) is 22.3. The van der Waals surface area contributed by atoms with Gasteiger partial charge in [-0.15, -0.1) is 0 Å². The van der Waals surface area contributed by atoms with Gasteiger partial charge in [-0.25, -0.2) is 0 Å². The van der Waals surface area contributed by atoms with Crippen LogP contribution in [0.2, 0.25) is 0 Å². The summed E-state index contributed by atoms with van der Waals surface area (Å²) >= 11 is 0. The van der Waals surface area contributed by atoms with Gasteiger partial charge in [0.2, 0.25) is 0 Å². The zero-order valence-electron chi connectivity index (χ0n) is 13.5. The lowest BCUT2D eigenvalue weighted by Gasteiger charge is -2.34. The number of hydrogen-bond acceptors (Lipinski definition) is 4. The van der Waals surface area contributed by atoms with Crippen LogP contribution in [0.1, 0.15) is 51.4 Å². The van der Waals surface area contributed by atoms with Crippen molar-refractivity contribution in [3.05, 3.63) is 0 Å². The maximum atomic E-state index is 11.9. The van der Waals surface area contributed by atoms with Crippen molar-refractivity contribution in [1.29, 1.82) is 0 Å². The molecular formula is C13H24O10P2. The largest absolute Gasteiger partial charge is 0.481 e. The second-order valence-corrected chi connectivity index (χ2v) is 10.3. The van der Waals surface area contributed by atoms with Crippen molar-refractivity contribution < 1.29 is 48.5 Å². The molecule has 0 aliphatic heterocycles. The standard InChI is InChI=1S/C13H24O10P2/c14-11(15)10(24(18,19)20)8-13(12(16)17,25(21,22)23)7-6-9-4-2-1-3-5-9/h9-10H,1-8H2,(H,14,15)(H,16,17)(H2,18,19,20)(H2,21,22,23). The third kappa shape index (κ3) is 5.61. The van der Waals surface area contributed by atoms with Gasteiger partial charge in [0.1, 0.15) is 0 Å². The zero-order chi connectivity index (χ0) is 19.5. The highest BCUT2D eigenvalue weighted by atomic mass is 31.2. The lowest BCUT2D eigenvalue weighted by Crippen LogP contribution is -2.44. The molecule has 1 rings (SSSR count). The van der Waals surface area contributed by atoms with E-state index < -0.39 is 50.8 Å². The van der Waals surface area contributed by atoms with Crippen LogP contribution < -0.4 is 0 Å². The molecule has 0 radical (unpaired) electrons. The Balaban J connectivity index is 3.17. The number of carboxylic acid groups (broad SMARTS) is 2. The van der Waals surface area contributed by atoms with E-state index in [1.807, 2.05) is 0 Å². The van der Waals surface area contributed by atoms with Gasteiger partial charge in [-0.05, 0) is 25.2 Å². The second kappa shape index (κ2) is 8.29. The van der Waals surface area contributed by atoms with Gasteiger partial charge in [-0.1, -0.05) is 32.1 Å². The second-order valence-electron chi connectivity index (χ2n) is 6.57. The maximum absolute atomic E-state index is 11.9. The van der Waals surface area contributed by atoms with Gasteiger partial charge in [-0.3, -0.25) is 18.7 Å². The number of carbonyl (C=O) groups is 2. The molecule has 1 aliphatic carbocycles. The first-order valence-corrected chi connectivity index (χ1v) is 11.2. The minimum atomic E-state index is -5.40. The van der Waals surface area contributed by atoms with Crippen molar-refractivity contribution in [2.75, 3.05) is 0 Å².